The number of hydrogen-bond donors (Lipinski definition) is 0. The maximum atomic E-state index is 12.1. The van der Waals surface area contributed by atoms with Gasteiger partial charge in [0.1, 0.15) is 10.8 Å². The van der Waals surface area contributed by atoms with Crippen LogP contribution in [0.2, 0.25) is 0 Å². The van der Waals surface area contributed by atoms with E-state index in [-0.39, 0.29) is 12.5 Å². The minimum absolute atomic E-state index is 0.0622. The largest absolute Gasteiger partial charge is 0.482 e. The number of thiazole rings is 1. The molecule has 5 heteroatoms. The molecule has 1 aliphatic rings. The first-order valence-corrected chi connectivity index (χ1v) is 8.83. The molecule has 0 saturated heterocycles. The molecule has 1 amide bonds. The van der Waals surface area contributed by atoms with E-state index < -0.39 is 0 Å². The van der Waals surface area contributed by atoms with Gasteiger partial charge in [-0.15, -0.1) is 17.9 Å². The topological polar surface area (TPSA) is 42.4 Å². The van der Waals surface area contributed by atoms with Crippen LogP contribution in [0.15, 0.2) is 66.6 Å². The van der Waals surface area contributed by atoms with Gasteiger partial charge in [-0.3, -0.25) is 4.79 Å². The van der Waals surface area contributed by atoms with E-state index in [0.29, 0.717) is 12.3 Å². The SMILES string of the molecule is C=CCN1C(=O)COc2ccc(-c3csc(-c4ccccc4)n3)cc21. The highest BCUT2D eigenvalue weighted by molar-refractivity contribution is 7.13. The van der Waals surface area contributed by atoms with Crippen LogP contribution in [0.1, 0.15) is 0 Å². The predicted octanol–water partition coefficient (Wildman–Crippen LogP) is 4.39. The molecule has 0 unspecified atom stereocenters. The molecule has 0 bridgehead atoms. The molecule has 0 saturated carbocycles. The zero-order chi connectivity index (χ0) is 17.2. The van der Waals surface area contributed by atoms with Gasteiger partial charge in [0, 0.05) is 23.1 Å². The molecule has 4 rings (SSSR count). The fraction of sp³-hybridized carbons (Fsp3) is 0.100. The first-order valence-electron chi connectivity index (χ1n) is 7.95. The van der Waals surface area contributed by atoms with Crippen LogP contribution in [-0.2, 0) is 4.79 Å². The molecule has 0 aliphatic carbocycles. The molecule has 0 spiro atoms. The predicted molar refractivity (Wildman–Crippen MR) is 101 cm³/mol. The van der Waals surface area contributed by atoms with Crippen LogP contribution in [-0.4, -0.2) is 24.0 Å². The number of fused-ring (bicyclic) bond motifs is 1. The number of anilines is 1. The number of aromatic nitrogens is 1. The number of benzene rings is 2. The number of carbonyl (C=O) groups excluding carboxylic acids is 1. The maximum Gasteiger partial charge on any atom is 0.265 e. The highest BCUT2D eigenvalue weighted by Crippen LogP contribution is 2.37. The normalized spacial score (nSPS) is 13.3. The standard InChI is InChI=1S/C20H16N2O2S/c1-2-10-22-17-11-15(8-9-18(17)24-12-19(22)23)16-13-25-20(21-16)14-6-4-3-5-7-14/h2-9,11,13H,1,10,12H2. The average molecular weight is 348 g/mol. The van der Waals surface area contributed by atoms with Crippen LogP contribution < -0.4 is 9.64 Å². The zero-order valence-corrected chi connectivity index (χ0v) is 14.3. The Hall–Kier alpha value is -2.92. The summed E-state index contributed by atoms with van der Waals surface area (Å²) in [6.45, 7) is 4.26. The van der Waals surface area contributed by atoms with Crippen LogP contribution in [0.5, 0.6) is 5.75 Å². The minimum Gasteiger partial charge on any atom is -0.482 e. The van der Waals surface area contributed by atoms with Crippen LogP contribution in [0.4, 0.5) is 5.69 Å². The van der Waals surface area contributed by atoms with Crippen LogP contribution in [0.25, 0.3) is 21.8 Å². The average Bonchev–Trinajstić information content (AvgIpc) is 3.15. The molecule has 2 heterocycles. The monoisotopic (exact) mass is 348 g/mol. The minimum atomic E-state index is -0.0622. The van der Waals surface area contributed by atoms with Crippen molar-refractivity contribution in [3.8, 4) is 27.6 Å². The number of ether oxygens (including phenoxy) is 1. The van der Waals surface area contributed by atoms with E-state index in [9.17, 15) is 4.79 Å². The Balaban J connectivity index is 1.72. The van der Waals surface area contributed by atoms with E-state index in [1.807, 2.05) is 53.9 Å². The number of rotatable bonds is 4. The lowest BCUT2D eigenvalue weighted by atomic mass is 10.1. The lowest BCUT2D eigenvalue weighted by molar-refractivity contribution is -0.121. The fourth-order valence-electron chi connectivity index (χ4n) is 2.81. The van der Waals surface area contributed by atoms with Gasteiger partial charge in [0.05, 0.1) is 11.4 Å². The molecule has 124 valence electrons. The molecule has 0 atom stereocenters. The van der Waals surface area contributed by atoms with Crippen molar-refractivity contribution >= 4 is 22.9 Å². The van der Waals surface area contributed by atoms with Gasteiger partial charge in [0.2, 0.25) is 0 Å². The number of hydrogen-bond acceptors (Lipinski definition) is 4. The van der Waals surface area contributed by atoms with Crippen molar-refractivity contribution in [1.29, 1.82) is 0 Å². The van der Waals surface area contributed by atoms with Gasteiger partial charge in [0.15, 0.2) is 6.61 Å². The number of nitrogens with zero attached hydrogens (tertiary/aromatic N) is 2. The highest BCUT2D eigenvalue weighted by Gasteiger charge is 2.25. The summed E-state index contributed by atoms with van der Waals surface area (Å²) in [5.74, 6) is 0.650. The van der Waals surface area contributed by atoms with Gasteiger partial charge in [-0.25, -0.2) is 4.98 Å². The van der Waals surface area contributed by atoms with Gasteiger partial charge in [-0.05, 0) is 18.2 Å². The molecule has 1 aliphatic heterocycles. The van der Waals surface area contributed by atoms with Crippen molar-refractivity contribution in [3.63, 3.8) is 0 Å². The van der Waals surface area contributed by atoms with E-state index in [2.05, 4.69) is 6.58 Å². The van der Waals surface area contributed by atoms with Gasteiger partial charge < -0.3 is 9.64 Å². The second-order valence-electron chi connectivity index (χ2n) is 5.67. The smallest absolute Gasteiger partial charge is 0.265 e. The second kappa shape index (κ2) is 6.53. The number of amides is 1. The van der Waals surface area contributed by atoms with Crippen molar-refractivity contribution in [1.82, 2.24) is 4.98 Å². The first-order chi connectivity index (χ1) is 12.3. The Labute approximate surface area is 150 Å². The maximum absolute atomic E-state index is 12.1. The summed E-state index contributed by atoms with van der Waals surface area (Å²) in [6.07, 6.45) is 1.72. The summed E-state index contributed by atoms with van der Waals surface area (Å²) < 4.78 is 5.53. The van der Waals surface area contributed by atoms with E-state index in [1.165, 1.54) is 0 Å². The third kappa shape index (κ3) is 2.94. The number of carbonyl (C=O) groups is 1. The Morgan fingerprint density at radius 2 is 2.04 bits per heavy atom. The molecular weight excluding hydrogens is 332 g/mol. The summed E-state index contributed by atoms with van der Waals surface area (Å²) in [5.41, 5.74) is 3.72. The van der Waals surface area contributed by atoms with E-state index in [4.69, 9.17) is 9.72 Å². The molecule has 4 nitrogen and oxygen atoms in total. The van der Waals surface area contributed by atoms with Gasteiger partial charge in [-0.2, -0.15) is 0 Å². The molecule has 3 aromatic rings. The summed E-state index contributed by atoms with van der Waals surface area (Å²) in [7, 11) is 0. The summed E-state index contributed by atoms with van der Waals surface area (Å²) >= 11 is 1.61. The molecule has 0 N–H and O–H groups in total. The first kappa shape index (κ1) is 15.6. The second-order valence-corrected chi connectivity index (χ2v) is 6.53. The third-order valence-electron chi connectivity index (χ3n) is 4.03. The Morgan fingerprint density at radius 3 is 2.84 bits per heavy atom. The molecule has 0 radical (unpaired) electrons. The Bertz CT molecular complexity index is 934. The zero-order valence-electron chi connectivity index (χ0n) is 13.5. The van der Waals surface area contributed by atoms with E-state index >= 15 is 0 Å². The molecule has 1 aromatic heterocycles. The molecule has 0 fully saturated rings. The fourth-order valence-corrected chi connectivity index (χ4v) is 3.65. The van der Waals surface area contributed by atoms with Gasteiger partial charge >= 0.3 is 0 Å². The van der Waals surface area contributed by atoms with Crippen molar-refractivity contribution in [2.24, 2.45) is 0 Å². The van der Waals surface area contributed by atoms with Crippen molar-refractivity contribution in [3.05, 3.63) is 66.6 Å². The molecular formula is C20H16N2O2S. The Morgan fingerprint density at radius 1 is 1.20 bits per heavy atom. The van der Waals surface area contributed by atoms with E-state index in [1.54, 1.807) is 22.3 Å². The highest BCUT2D eigenvalue weighted by atomic mass is 32.1. The third-order valence-corrected chi connectivity index (χ3v) is 4.93. The quantitative estimate of drug-likeness (QED) is 0.657. The van der Waals surface area contributed by atoms with Crippen molar-refractivity contribution in [2.45, 2.75) is 0 Å². The van der Waals surface area contributed by atoms with Crippen LogP contribution in [0.3, 0.4) is 0 Å². The van der Waals surface area contributed by atoms with Crippen molar-refractivity contribution in [2.75, 3.05) is 18.1 Å². The van der Waals surface area contributed by atoms with Crippen LogP contribution >= 0.6 is 11.3 Å². The lowest BCUT2D eigenvalue weighted by Gasteiger charge is -2.28. The van der Waals surface area contributed by atoms with E-state index in [0.717, 1.165) is 27.5 Å². The summed E-state index contributed by atoms with van der Waals surface area (Å²) in [6, 6.07) is 15.9. The van der Waals surface area contributed by atoms with Gasteiger partial charge in [-0.1, -0.05) is 36.4 Å². The summed E-state index contributed by atoms with van der Waals surface area (Å²) in [4.78, 5) is 18.6. The Kier molecular flexibility index (Phi) is 4.07. The summed E-state index contributed by atoms with van der Waals surface area (Å²) in [5, 5.41) is 3.01. The molecule has 25 heavy (non-hydrogen) atoms. The lowest BCUT2D eigenvalue weighted by Crippen LogP contribution is -2.38. The van der Waals surface area contributed by atoms with Gasteiger partial charge in [0.25, 0.3) is 5.91 Å². The van der Waals surface area contributed by atoms with Crippen molar-refractivity contribution < 1.29 is 9.53 Å². The van der Waals surface area contributed by atoms with Crippen LogP contribution in [0, 0.1) is 0 Å². The molecule has 2 aromatic carbocycles.